The summed E-state index contributed by atoms with van der Waals surface area (Å²) in [7, 11) is -13.5. The Balaban J connectivity index is 0.000000386. The predicted molar refractivity (Wildman–Crippen MR) is 153 cm³/mol. The van der Waals surface area contributed by atoms with Crippen LogP contribution in [0.3, 0.4) is 0 Å². The van der Waals surface area contributed by atoms with E-state index in [0.717, 1.165) is 18.2 Å². The lowest BCUT2D eigenvalue weighted by atomic mass is 10.0. The topological polar surface area (TPSA) is 297 Å². The first kappa shape index (κ1) is 32.8. The molecule has 4 aromatic carbocycles. The van der Waals surface area contributed by atoms with Crippen molar-refractivity contribution in [2.24, 2.45) is 10.2 Å². The molecule has 0 saturated heterocycles. The lowest BCUT2D eigenvalue weighted by Gasteiger charge is -2.12. The second-order valence-electron chi connectivity index (χ2n) is 8.61. The molecule has 228 valence electrons. The molecule has 0 aliphatic rings. The summed E-state index contributed by atoms with van der Waals surface area (Å²) in [5.74, 6) is -3.26. The Kier molecular flexibility index (Phi) is 9.39. The van der Waals surface area contributed by atoms with Crippen molar-refractivity contribution in [2.45, 2.75) is 15.5 Å². The van der Waals surface area contributed by atoms with Crippen LogP contribution in [-0.4, -0.2) is 55.1 Å². The number of nitrogens with zero attached hydrogens (tertiary/aromatic N) is 2. The maximum atomic E-state index is 11.7. The van der Waals surface area contributed by atoms with E-state index in [1.54, 1.807) is 0 Å². The van der Waals surface area contributed by atoms with Gasteiger partial charge in [-0.05, 0) is 60.0 Å². The number of anilines is 2. The van der Waals surface area contributed by atoms with Crippen LogP contribution in [0.2, 0.25) is 0 Å². The van der Waals surface area contributed by atoms with Crippen LogP contribution in [0.5, 0.6) is 5.75 Å². The Labute approximate surface area is 244 Å². The highest BCUT2D eigenvalue weighted by atomic mass is 32.2. The third-order valence-corrected chi connectivity index (χ3v) is 7.90. The maximum absolute atomic E-state index is 11.7. The lowest BCUT2D eigenvalue weighted by Crippen LogP contribution is -2.03. The van der Waals surface area contributed by atoms with Crippen molar-refractivity contribution in [3.8, 4) is 5.75 Å². The van der Waals surface area contributed by atoms with E-state index in [-0.39, 0.29) is 38.2 Å². The molecule has 4 rings (SSSR count). The Morgan fingerprint density at radius 2 is 1.37 bits per heavy atom. The highest BCUT2D eigenvalue weighted by molar-refractivity contribution is 7.86. The number of nitrogen functional groups attached to an aromatic ring is 2. The zero-order chi connectivity index (χ0) is 32.3. The molecule has 0 aromatic heterocycles. The Bertz CT molecular complexity index is 2080. The highest BCUT2D eigenvalue weighted by Crippen LogP contribution is 2.42. The lowest BCUT2D eigenvalue weighted by molar-refractivity contribution is 0.0697. The van der Waals surface area contributed by atoms with Crippen LogP contribution in [0.4, 0.5) is 22.7 Å². The zero-order valence-corrected chi connectivity index (χ0v) is 23.9. The van der Waals surface area contributed by atoms with Gasteiger partial charge in [0.25, 0.3) is 30.4 Å². The van der Waals surface area contributed by atoms with Crippen LogP contribution in [0.15, 0.2) is 86.7 Å². The largest absolute Gasteiger partial charge is 0.505 e. The highest BCUT2D eigenvalue weighted by Gasteiger charge is 2.23. The van der Waals surface area contributed by atoms with Gasteiger partial charge in [0.15, 0.2) is 5.75 Å². The molecule has 0 radical (unpaired) electrons. The minimum Gasteiger partial charge on any atom is -0.505 e. The monoisotopic (exact) mass is 654 g/mol. The van der Waals surface area contributed by atoms with E-state index in [2.05, 4.69) is 10.2 Å². The van der Waals surface area contributed by atoms with E-state index in [4.69, 9.17) is 16.0 Å². The van der Waals surface area contributed by atoms with Crippen LogP contribution in [-0.2, 0) is 36.1 Å². The van der Waals surface area contributed by atoms with E-state index in [1.807, 2.05) is 0 Å². The van der Waals surface area contributed by atoms with Crippen LogP contribution in [0, 0.1) is 0 Å². The summed E-state index contributed by atoms with van der Waals surface area (Å²) in [6.07, 6.45) is 0. The molecule has 0 bridgehead atoms. The summed E-state index contributed by atoms with van der Waals surface area (Å²) in [6.45, 7) is 0. The smallest absolute Gasteiger partial charge is 0.338 e. The van der Waals surface area contributed by atoms with Gasteiger partial charge in [-0.15, -0.1) is 10.2 Å². The SMILES string of the molecule is Nc1ccc(N=Nc2c(CS(=O)(=O)O)cc3cccc(S(=O)(=O)O)c3c2O)c(C(=O)O)c1.Nc1ccc(S(=O)(=O)O)cc1. The van der Waals surface area contributed by atoms with Gasteiger partial charge in [0.05, 0.1) is 10.5 Å². The number of rotatable bonds is 7. The number of hydrogen-bond donors (Lipinski definition) is 7. The molecule has 0 unspecified atom stereocenters. The van der Waals surface area contributed by atoms with Crippen molar-refractivity contribution in [1.82, 2.24) is 0 Å². The number of aromatic hydroxyl groups is 1. The number of carboxylic acids is 1. The van der Waals surface area contributed by atoms with Gasteiger partial charge in [-0.3, -0.25) is 13.7 Å². The summed E-state index contributed by atoms with van der Waals surface area (Å²) in [5, 5.41) is 27.1. The van der Waals surface area contributed by atoms with Crippen molar-refractivity contribution in [1.29, 1.82) is 0 Å². The average Bonchev–Trinajstić information content (AvgIpc) is 2.87. The zero-order valence-electron chi connectivity index (χ0n) is 21.4. The third-order valence-electron chi connectivity index (χ3n) is 5.46. The van der Waals surface area contributed by atoms with Gasteiger partial charge in [0, 0.05) is 22.3 Å². The van der Waals surface area contributed by atoms with Crippen LogP contribution < -0.4 is 11.5 Å². The van der Waals surface area contributed by atoms with Crippen LogP contribution >= 0.6 is 0 Å². The molecular formula is C24H22N4O12S3. The summed E-state index contributed by atoms with van der Waals surface area (Å²) >= 11 is 0. The fraction of sp³-hybridized carbons (Fsp3) is 0.0417. The molecule has 0 atom stereocenters. The van der Waals surface area contributed by atoms with E-state index >= 15 is 0 Å². The molecule has 4 aromatic rings. The molecule has 9 N–H and O–H groups in total. The van der Waals surface area contributed by atoms with Gasteiger partial charge in [0.2, 0.25) is 0 Å². The Morgan fingerprint density at radius 1 is 0.767 bits per heavy atom. The van der Waals surface area contributed by atoms with Crippen molar-refractivity contribution < 1.29 is 53.9 Å². The van der Waals surface area contributed by atoms with Gasteiger partial charge < -0.3 is 21.7 Å². The number of carboxylic acid groups (broad SMARTS) is 1. The minimum absolute atomic E-state index is 0.0222. The number of phenolic OH excluding ortho intramolecular Hbond substituents is 1. The maximum Gasteiger partial charge on any atom is 0.338 e. The van der Waals surface area contributed by atoms with E-state index in [9.17, 15) is 49.4 Å². The molecule has 43 heavy (non-hydrogen) atoms. The van der Waals surface area contributed by atoms with E-state index in [0.29, 0.717) is 5.69 Å². The minimum atomic E-state index is -4.80. The Hall–Kier alpha value is -4.66. The first-order valence-corrected chi connectivity index (χ1v) is 15.8. The predicted octanol–water partition coefficient (Wildman–Crippen LogP) is 3.39. The quantitative estimate of drug-likeness (QED) is 0.0854. The van der Waals surface area contributed by atoms with Gasteiger partial charge in [0.1, 0.15) is 22.0 Å². The van der Waals surface area contributed by atoms with Crippen LogP contribution in [0.1, 0.15) is 15.9 Å². The fourth-order valence-corrected chi connectivity index (χ4v) is 5.45. The second-order valence-corrected chi connectivity index (χ2v) is 12.9. The molecule has 0 spiro atoms. The van der Waals surface area contributed by atoms with Gasteiger partial charge in [-0.2, -0.15) is 25.3 Å². The summed E-state index contributed by atoms with van der Waals surface area (Å²) in [6, 6.07) is 13.7. The molecule has 16 nitrogen and oxygen atoms in total. The molecule has 19 heteroatoms. The van der Waals surface area contributed by atoms with Crippen molar-refractivity contribution in [2.75, 3.05) is 11.5 Å². The molecular weight excluding hydrogens is 632 g/mol. The number of benzene rings is 4. The van der Waals surface area contributed by atoms with Gasteiger partial charge in [-0.1, -0.05) is 12.1 Å². The summed E-state index contributed by atoms with van der Waals surface area (Å²) in [4.78, 5) is 10.6. The number of hydrogen-bond acceptors (Lipinski definition) is 12. The molecule has 0 saturated carbocycles. The molecule has 0 aliphatic carbocycles. The average molecular weight is 655 g/mol. The fourth-order valence-electron chi connectivity index (χ4n) is 3.64. The first-order chi connectivity index (χ1) is 19.8. The number of carbonyl (C=O) groups is 1. The number of nitrogens with two attached hydrogens (primary N) is 2. The normalized spacial score (nSPS) is 12.2. The first-order valence-electron chi connectivity index (χ1n) is 11.4. The molecule has 0 amide bonds. The number of aromatic carboxylic acids is 1. The standard InChI is InChI=1S/C18H15N3O9S2.C6H7NO3S/c19-11-4-5-13(12(7-11)18(23)24)20-21-16-10(8-31(25,26)27)6-9-2-1-3-14(32(28,29)30)15(9)17(16)22;7-5-1-3-6(4-2-5)11(8,9)10/h1-7,22H,8,19H2,(H,23,24)(H,25,26,27)(H,28,29,30);1-4H,7H2,(H,8,9,10). The third kappa shape index (κ3) is 8.44. The number of phenols is 1. The van der Waals surface area contributed by atoms with Gasteiger partial charge >= 0.3 is 5.97 Å². The number of fused-ring (bicyclic) bond motifs is 1. The number of azo groups is 1. The Morgan fingerprint density at radius 3 is 1.91 bits per heavy atom. The molecule has 0 aliphatic heterocycles. The summed E-state index contributed by atoms with van der Waals surface area (Å²) < 4.78 is 94.6. The summed E-state index contributed by atoms with van der Waals surface area (Å²) in [5.41, 5.74) is 10.1. The van der Waals surface area contributed by atoms with E-state index in [1.165, 1.54) is 48.5 Å². The van der Waals surface area contributed by atoms with Crippen molar-refractivity contribution in [3.63, 3.8) is 0 Å². The molecule has 0 heterocycles. The second kappa shape index (κ2) is 12.3. The van der Waals surface area contributed by atoms with Crippen molar-refractivity contribution in [3.05, 3.63) is 77.9 Å². The van der Waals surface area contributed by atoms with Crippen molar-refractivity contribution >= 4 is 69.8 Å². The van der Waals surface area contributed by atoms with Gasteiger partial charge in [-0.25, -0.2) is 4.79 Å². The van der Waals surface area contributed by atoms with E-state index < -0.39 is 58.4 Å². The molecule has 0 fully saturated rings. The van der Waals surface area contributed by atoms with Crippen LogP contribution in [0.25, 0.3) is 10.8 Å².